The molecule has 0 amide bonds. The Morgan fingerprint density at radius 2 is 0.559 bits per heavy atom. The van der Waals surface area contributed by atoms with Gasteiger partial charge in [0.25, 0.3) is 0 Å². The lowest BCUT2D eigenvalue weighted by Crippen LogP contribution is -2.27. The fraction of sp³-hybridized carbons (Fsp3) is 1.00. The minimum Gasteiger partial charge on any atom is -0.0654 e. The fourth-order valence-corrected chi connectivity index (χ4v) is 7.15. The molecule has 0 aliphatic carbocycles. The maximum absolute atomic E-state index is 2.65. The molecule has 1 heteroatoms. The summed E-state index contributed by atoms with van der Waals surface area (Å²) >= 11 is 0. The van der Waals surface area contributed by atoms with Gasteiger partial charge < -0.3 is 0 Å². The third kappa shape index (κ3) is 20.6. The molecule has 0 nitrogen and oxygen atoms in total. The molecular weight excluding hydrogens is 427 g/mol. The average Bonchev–Trinajstić information content (AvgIpc) is 2.79. The first-order valence-electron chi connectivity index (χ1n) is 16.2. The Kier molecular flexibility index (Phi) is 24.1. The van der Waals surface area contributed by atoms with E-state index in [0.717, 1.165) is 0 Å². The van der Waals surface area contributed by atoms with E-state index in [9.17, 15) is 0 Å². The highest BCUT2D eigenvalue weighted by Crippen LogP contribution is 2.63. The third-order valence-electron chi connectivity index (χ3n) is 8.76. The number of hydrogen-bond acceptors (Lipinski definition) is 0. The zero-order valence-electron chi connectivity index (χ0n) is 25.3. The van der Waals surface area contributed by atoms with Gasteiger partial charge in [0.2, 0.25) is 0 Å². The van der Waals surface area contributed by atoms with Crippen LogP contribution in [-0.4, -0.2) is 25.2 Å². The molecule has 206 valence electrons. The molecule has 0 rings (SSSR count). The second kappa shape index (κ2) is 23.8. The highest BCUT2D eigenvalue weighted by Gasteiger charge is 2.42. The summed E-state index contributed by atoms with van der Waals surface area (Å²) in [5.41, 5.74) is 0. The van der Waals surface area contributed by atoms with E-state index < -0.39 is 7.26 Å². The summed E-state index contributed by atoms with van der Waals surface area (Å²) in [7, 11) is -0.802. The van der Waals surface area contributed by atoms with Crippen molar-refractivity contribution in [2.24, 2.45) is 0 Å². The summed E-state index contributed by atoms with van der Waals surface area (Å²) in [6, 6.07) is 0. The van der Waals surface area contributed by atoms with Crippen molar-refractivity contribution in [1.82, 2.24) is 0 Å². The van der Waals surface area contributed by atoms with Crippen LogP contribution in [-0.2, 0) is 0 Å². The van der Waals surface area contributed by atoms with Crippen molar-refractivity contribution in [3.05, 3.63) is 0 Å². The van der Waals surface area contributed by atoms with Gasteiger partial charge in [-0.15, -0.1) is 0 Å². The van der Waals surface area contributed by atoms with E-state index in [1.165, 1.54) is 167 Å². The molecule has 0 spiro atoms. The Morgan fingerprint density at radius 3 is 0.765 bits per heavy atom. The van der Waals surface area contributed by atoms with E-state index in [-0.39, 0.29) is 0 Å². The summed E-state index contributed by atoms with van der Waals surface area (Å²) in [5.74, 6) is 0. The average molecular weight is 498 g/mol. The summed E-state index contributed by atoms with van der Waals surface area (Å²) in [6.07, 6.45) is 38.1. The first-order valence-corrected chi connectivity index (χ1v) is 19.3. The zero-order valence-corrected chi connectivity index (χ0v) is 26.2. The molecule has 0 aromatic carbocycles. The lowest BCUT2D eigenvalue weighted by Gasteiger charge is -2.36. The lowest BCUT2D eigenvalue weighted by atomic mass is 9.94. The second-order valence-electron chi connectivity index (χ2n) is 12.8. The number of unbranched alkanes of at least 4 members (excludes halogenated alkanes) is 22. The van der Waals surface area contributed by atoms with E-state index in [2.05, 4.69) is 40.8 Å². The number of rotatable bonds is 27. The summed E-state index contributed by atoms with van der Waals surface area (Å²) < 4.78 is 0. The molecule has 34 heavy (non-hydrogen) atoms. The van der Waals surface area contributed by atoms with Gasteiger partial charge in [0.05, 0.1) is 5.16 Å². The van der Waals surface area contributed by atoms with Gasteiger partial charge in [-0.3, -0.25) is 0 Å². The van der Waals surface area contributed by atoms with Crippen LogP contribution in [0.4, 0.5) is 0 Å². The standard InChI is InChI=1S/C33H70P/c1-7-9-11-13-15-17-19-21-23-25-27-29-31-33(3,34(4,5)6)32-30-28-26-24-22-20-18-16-14-12-10-8-2/h7-32H2,1-6H3/q+1. The zero-order chi connectivity index (χ0) is 25.4. The summed E-state index contributed by atoms with van der Waals surface area (Å²) in [4.78, 5) is 0. The molecule has 0 radical (unpaired) electrons. The molecule has 0 heterocycles. The van der Waals surface area contributed by atoms with Crippen molar-refractivity contribution in [1.29, 1.82) is 0 Å². The molecule has 0 aromatic rings. The molecule has 0 fully saturated rings. The van der Waals surface area contributed by atoms with Crippen LogP contribution in [0.2, 0.25) is 0 Å². The predicted molar refractivity (Wildman–Crippen MR) is 164 cm³/mol. The van der Waals surface area contributed by atoms with Gasteiger partial charge in [0.15, 0.2) is 0 Å². The van der Waals surface area contributed by atoms with Crippen LogP contribution in [0.25, 0.3) is 0 Å². The van der Waals surface area contributed by atoms with Gasteiger partial charge >= 0.3 is 0 Å². The molecule has 0 N–H and O–H groups in total. The van der Waals surface area contributed by atoms with Crippen molar-refractivity contribution < 1.29 is 0 Å². The van der Waals surface area contributed by atoms with E-state index in [0.29, 0.717) is 5.16 Å². The van der Waals surface area contributed by atoms with Gasteiger partial charge in [-0.2, -0.15) is 0 Å². The molecule has 0 aromatic heterocycles. The van der Waals surface area contributed by atoms with Crippen molar-refractivity contribution in [2.75, 3.05) is 20.0 Å². The minimum absolute atomic E-state index is 0.629. The highest BCUT2D eigenvalue weighted by atomic mass is 31.2. The second-order valence-corrected chi connectivity index (χ2v) is 17.9. The smallest absolute Gasteiger partial charge is 0.0654 e. The van der Waals surface area contributed by atoms with E-state index in [1.807, 2.05) is 0 Å². The Labute approximate surface area is 220 Å². The SMILES string of the molecule is CCCCCCCCCCCCCCC(C)(CCCCCCCCCCCCCC)[P+](C)(C)C. The predicted octanol–water partition coefficient (Wildman–Crippen LogP) is 12.8. The van der Waals surface area contributed by atoms with Crippen molar-refractivity contribution in [2.45, 2.75) is 193 Å². The van der Waals surface area contributed by atoms with Crippen LogP contribution >= 0.6 is 7.26 Å². The van der Waals surface area contributed by atoms with Crippen LogP contribution in [0.3, 0.4) is 0 Å². The Bertz CT molecular complexity index is 366. The van der Waals surface area contributed by atoms with E-state index >= 15 is 0 Å². The fourth-order valence-electron chi connectivity index (χ4n) is 5.49. The van der Waals surface area contributed by atoms with Crippen molar-refractivity contribution >= 4 is 7.26 Å². The summed E-state index contributed by atoms with van der Waals surface area (Å²) in [6.45, 7) is 15.1. The van der Waals surface area contributed by atoms with Gasteiger partial charge in [0, 0.05) is 27.3 Å². The molecule has 0 unspecified atom stereocenters. The van der Waals surface area contributed by atoms with Gasteiger partial charge in [-0.1, -0.05) is 155 Å². The van der Waals surface area contributed by atoms with Crippen LogP contribution in [0, 0.1) is 0 Å². The van der Waals surface area contributed by atoms with E-state index in [1.54, 1.807) is 0 Å². The maximum Gasteiger partial charge on any atom is 0.0763 e. The number of hydrogen-bond donors (Lipinski definition) is 0. The molecule has 0 bridgehead atoms. The van der Waals surface area contributed by atoms with E-state index in [4.69, 9.17) is 0 Å². The normalized spacial score (nSPS) is 12.5. The largest absolute Gasteiger partial charge is 0.0763 e. The maximum atomic E-state index is 2.65. The van der Waals surface area contributed by atoms with Gasteiger partial charge in [-0.25, -0.2) is 0 Å². The molecule has 0 saturated carbocycles. The lowest BCUT2D eigenvalue weighted by molar-refractivity contribution is 0.454. The Hall–Kier alpha value is 0.430. The molecule has 0 atom stereocenters. The van der Waals surface area contributed by atoms with Crippen LogP contribution in [0.15, 0.2) is 0 Å². The topological polar surface area (TPSA) is 0 Å². The minimum atomic E-state index is -0.802. The highest BCUT2D eigenvalue weighted by molar-refractivity contribution is 7.75. The summed E-state index contributed by atoms with van der Waals surface area (Å²) in [5, 5.41) is 0.629. The van der Waals surface area contributed by atoms with Gasteiger partial charge in [-0.05, 0) is 32.6 Å². The van der Waals surface area contributed by atoms with Crippen molar-refractivity contribution in [3.8, 4) is 0 Å². The molecule has 0 saturated heterocycles. The Morgan fingerprint density at radius 1 is 0.353 bits per heavy atom. The molecule has 0 aliphatic heterocycles. The third-order valence-corrected chi connectivity index (χ3v) is 12.4. The van der Waals surface area contributed by atoms with Crippen LogP contribution < -0.4 is 0 Å². The van der Waals surface area contributed by atoms with Crippen LogP contribution in [0.5, 0.6) is 0 Å². The van der Waals surface area contributed by atoms with Crippen LogP contribution in [0.1, 0.15) is 188 Å². The van der Waals surface area contributed by atoms with Crippen molar-refractivity contribution in [3.63, 3.8) is 0 Å². The molecule has 0 aliphatic rings. The first-order chi connectivity index (χ1) is 16.4. The monoisotopic (exact) mass is 498 g/mol. The molecular formula is C33H70P+. The Balaban J connectivity index is 3.74. The first kappa shape index (κ1) is 34.4. The van der Waals surface area contributed by atoms with Gasteiger partial charge in [0.1, 0.15) is 0 Å². The quantitative estimate of drug-likeness (QED) is 0.0781.